The monoisotopic (exact) mass is 396 g/mol. The first-order chi connectivity index (χ1) is 13.6. The molecule has 0 heterocycles. The molecule has 5 nitrogen and oxygen atoms in total. The standard InChI is InChI=1S/C24H32N2O3/c1-17-10-9-11-19(14-17)15-26(18(2)23(28)25-6)22(27)16-29-21-13-8-7-12-20(21)24(3,4)5/h7-14,18H,15-16H2,1-6H3,(H,25,28)/t18-/m1/s1. The van der Waals surface area contributed by atoms with E-state index >= 15 is 0 Å². The van der Waals surface area contributed by atoms with Gasteiger partial charge >= 0.3 is 0 Å². The summed E-state index contributed by atoms with van der Waals surface area (Å²) in [6.07, 6.45) is 0. The van der Waals surface area contributed by atoms with Crippen molar-refractivity contribution < 1.29 is 14.3 Å². The molecule has 0 fully saturated rings. The molecule has 0 aliphatic carbocycles. The number of carbonyl (C=O) groups is 2. The lowest BCUT2D eigenvalue weighted by Crippen LogP contribution is -2.48. The van der Waals surface area contributed by atoms with E-state index in [4.69, 9.17) is 4.74 Å². The molecule has 0 aliphatic heterocycles. The molecular formula is C24H32N2O3. The fraction of sp³-hybridized carbons (Fsp3) is 0.417. The van der Waals surface area contributed by atoms with Crippen LogP contribution in [0.5, 0.6) is 5.75 Å². The highest BCUT2D eigenvalue weighted by atomic mass is 16.5. The number of hydrogen-bond donors (Lipinski definition) is 1. The van der Waals surface area contributed by atoms with E-state index in [-0.39, 0.29) is 23.8 Å². The van der Waals surface area contributed by atoms with E-state index in [9.17, 15) is 9.59 Å². The van der Waals surface area contributed by atoms with Crippen LogP contribution in [-0.2, 0) is 21.5 Å². The van der Waals surface area contributed by atoms with Gasteiger partial charge in [-0.3, -0.25) is 9.59 Å². The number of nitrogens with zero attached hydrogens (tertiary/aromatic N) is 1. The van der Waals surface area contributed by atoms with E-state index < -0.39 is 6.04 Å². The predicted molar refractivity (Wildman–Crippen MR) is 116 cm³/mol. The lowest BCUT2D eigenvalue weighted by atomic mass is 9.86. The van der Waals surface area contributed by atoms with Crippen LogP contribution in [0.1, 0.15) is 44.4 Å². The highest BCUT2D eigenvalue weighted by Gasteiger charge is 2.26. The molecule has 29 heavy (non-hydrogen) atoms. The Balaban J connectivity index is 2.21. The molecule has 2 aromatic carbocycles. The second-order valence-electron chi connectivity index (χ2n) is 8.34. The number of benzene rings is 2. The summed E-state index contributed by atoms with van der Waals surface area (Å²) >= 11 is 0. The molecule has 2 rings (SSSR count). The fourth-order valence-electron chi connectivity index (χ4n) is 3.23. The van der Waals surface area contributed by atoms with Gasteiger partial charge in [-0.15, -0.1) is 0 Å². The van der Waals surface area contributed by atoms with Gasteiger partial charge in [0.2, 0.25) is 5.91 Å². The quantitative estimate of drug-likeness (QED) is 0.774. The van der Waals surface area contributed by atoms with Crippen LogP contribution < -0.4 is 10.1 Å². The number of hydrogen-bond acceptors (Lipinski definition) is 3. The summed E-state index contributed by atoms with van der Waals surface area (Å²) < 4.78 is 5.91. The molecule has 0 spiro atoms. The third kappa shape index (κ3) is 6.08. The Morgan fingerprint density at radius 2 is 1.79 bits per heavy atom. The van der Waals surface area contributed by atoms with Crippen molar-refractivity contribution in [2.75, 3.05) is 13.7 Å². The molecule has 0 aromatic heterocycles. The summed E-state index contributed by atoms with van der Waals surface area (Å²) in [6.45, 7) is 10.3. The van der Waals surface area contributed by atoms with Gasteiger partial charge < -0.3 is 15.0 Å². The number of nitrogens with one attached hydrogen (secondary N) is 1. The van der Waals surface area contributed by atoms with Crippen LogP contribution in [0.25, 0.3) is 0 Å². The number of likely N-dealkylation sites (N-methyl/N-ethyl adjacent to an activating group) is 1. The highest BCUT2D eigenvalue weighted by Crippen LogP contribution is 2.31. The van der Waals surface area contributed by atoms with Crippen LogP contribution in [0.4, 0.5) is 0 Å². The molecule has 0 unspecified atom stereocenters. The zero-order valence-corrected chi connectivity index (χ0v) is 18.3. The lowest BCUT2D eigenvalue weighted by Gasteiger charge is -2.29. The van der Waals surface area contributed by atoms with Gasteiger partial charge in [0.15, 0.2) is 6.61 Å². The Hall–Kier alpha value is -2.82. The molecule has 0 saturated carbocycles. The zero-order chi connectivity index (χ0) is 21.6. The van der Waals surface area contributed by atoms with Crippen molar-refractivity contribution in [1.82, 2.24) is 10.2 Å². The van der Waals surface area contributed by atoms with Crippen molar-refractivity contribution >= 4 is 11.8 Å². The van der Waals surface area contributed by atoms with E-state index in [1.165, 1.54) is 0 Å². The minimum Gasteiger partial charge on any atom is -0.483 e. The first-order valence-corrected chi connectivity index (χ1v) is 9.92. The molecule has 0 aliphatic rings. The molecule has 1 N–H and O–H groups in total. The molecular weight excluding hydrogens is 364 g/mol. The normalized spacial score (nSPS) is 12.2. The van der Waals surface area contributed by atoms with Crippen molar-refractivity contribution in [3.05, 3.63) is 65.2 Å². The molecule has 0 radical (unpaired) electrons. The van der Waals surface area contributed by atoms with Gasteiger partial charge in [0.1, 0.15) is 11.8 Å². The SMILES string of the molecule is CNC(=O)[C@@H](C)N(Cc1cccc(C)c1)C(=O)COc1ccccc1C(C)(C)C. The van der Waals surface area contributed by atoms with Crippen molar-refractivity contribution in [3.8, 4) is 5.75 Å². The van der Waals surface area contributed by atoms with Crippen molar-refractivity contribution in [2.45, 2.75) is 52.6 Å². The molecule has 156 valence electrons. The van der Waals surface area contributed by atoms with Gasteiger partial charge in [-0.25, -0.2) is 0 Å². The van der Waals surface area contributed by atoms with Crippen LogP contribution in [0, 0.1) is 6.92 Å². The van der Waals surface area contributed by atoms with Crippen LogP contribution >= 0.6 is 0 Å². The second-order valence-corrected chi connectivity index (χ2v) is 8.34. The highest BCUT2D eigenvalue weighted by molar-refractivity contribution is 5.87. The fourth-order valence-corrected chi connectivity index (χ4v) is 3.23. The Bertz CT molecular complexity index is 855. The number of ether oxygens (including phenoxy) is 1. The number of rotatable bonds is 7. The van der Waals surface area contributed by atoms with Crippen molar-refractivity contribution in [3.63, 3.8) is 0 Å². The predicted octanol–water partition coefficient (Wildman–Crippen LogP) is 3.83. The maximum atomic E-state index is 13.0. The Morgan fingerprint density at radius 3 is 2.41 bits per heavy atom. The van der Waals surface area contributed by atoms with Gasteiger partial charge in [0.25, 0.3) is 5.91 Å². The van der Waals surface area contributed by atoms with Gasteiger partial charge in [0.05, 0.1) is 0 Å². The summed E-state index contributed by atoms with van der Waals surface area (Å²) in [5.74, 6) is 0.254. The molecule has 5 heteroatoms. The van der Waals surface area contributed by atoms with Gasteiger partial charge in [-0.2, -0.15) is 0 Å². The van der Waals surface area contributed by atoms with Gasteiger partial charge in [-0.05, 0) is 36.5 Å². The summed E-state index contributed by atoms with van der Waals surface area (Å²) in [5, 5.41) is 2.63. The number of para-hydroxylation sites is 1. The van der Waals surface area contributed by atoms with Crippen molar-refractivity contribution in [2.24, 2.45) is 0 Å². The molecule has 0 bridgehead atoms. The average molecular weight is 397 g/mol. The summed E-state index contributed by atoms with van der Waals surface area (Å²) in [4.78, 5) is 26.8. The van der Waals surface area contributed by atoms with Crippen LogP contribution in [0.2, 0.25) is 0 Å². The maximum absolute atomic E-state index is 13.0. The van der Waals surface area contributed by atoms with E-state index in [1.54, 1.807) is 18.9 Å². The maximum Gasteiger partial charge on any atom is 0.261 e. The third-order valence-corrected chi connectivity index (χ3v) is 4.90. The largest absolute Gasteiger partial charge is 0.483 e. The van der Waals surface area contributed by atoms with E-state index in [1.807, 2.05) is 55.5 Å². The number of amides is 2. The average Bonchev–Trinajstić information content (AvgIpc) is 2.68. The van der Waals surface area contributed by atoms with Gasteiger partial charge in [-0.1, -0.05) is 68.8 Å². The zero-order valence-electron chi connectivity index (χ0n) is 18.3. The van der Waals surface area contributed by atoms with Gasteiger partial charge in [0, 0.05) is 13.6 Å². The van der Waals surface area contributed by atoms with E-state index in [2.05, 4.69) is 26.1 Å². The number of aryl methyl sites for hydroxylation is 1. The summed E-state index contributed by atoms with van der Waals surface area (Å²) in [6, 6.07) is 15.1. The molecule has 2 aromatic rings. The smallest absolute Gasteiger partial charge is 0.261 e. The molecule has 0 saturated heterocycles. The van der Waals surface area contributed by atoms with Crippen molar-refractivity contribution in [1.29, 1.82) is 0 Å². The third-order valence-electron chi connectivity index (χ3n) is 4.90. The van der Waals surface area contributed by atoms with Crippen LogP contribution in [0.3, 0.4) is 0 Å². The summed E-state index contributed by atoms with van der Waals surface area (Å²) in [7, 11) is 1.57. The first-order valence-electron chi connectivity index (χ1n) is 9.92. The molecule has 1 atom stereocenters. The first kappa shape index (κ1) is 22.5. The Morgan fingerprint density at radius 1 is 1.10 bits per heavy atom. The minimum absolute atomic E-state index is 0.101. The Kier molecular flexibility index (Phi) is 7.43. The van der Waals surface area contributed by atoms with Crippen LogP contribution in [0.15, 0.2) is 48.5 Å². The van der Waals surface area contributed by atoms with E-state index in [0.29, 0.717) is 12.3 Å². The topological polar surface area (TPSA) is 58.6 Å². The molecule has 2 amide bonds. The van der Waals surface area contributed by atoms with Crippen LogP contribution in [-0.4, -0.2) is 36.4 Å². The second kappa shape index (κ2) is 9.59. The Labute approximate surface area is 174 Å². The number of carbonyl (C=O) groups excluding carboxylic acids is 2. The van der Waals surface area contributed by atoms with E-state index in [0.717, 1.165) is 16.7 Å². The summed E-state index contributed by atoms with van der Waals surface area (Å²) in [5.41, 5.74) is 3.02. The minimum atomic E-state index is -0.602. The lowest BCUT2D eigenvalue weighted by molar-refractivity contribution is -0.142.